The van der Waals surface area contributed by atoms with Crippen molar-refractivity contribution in [3.05, 3.63) is 59.2 Å². The van der Waals surface area contributed by atoms with E-state index in [0.29, 0.717) is 17.8 Å². The monoisotopic (exact) mass is 511 g/mol. The first kappa shape index (κ1) is 23.6. The van der Waals surface area contributed by atoms with Gasteiger partial charge in [-0.05, 0) is 49.1 Å². The Morgan fingerprint density at radius 3 is 2.69 bits per heavy atom. The fourth-order valence-corrected chi connectivity index (χ4v) is 5.95. The minimum absolute atomic E-state index is 0.0278. The first-order valence-electron chi connectivity index (χ1n) is 11.7. The summed E-state index contributed by atoms with van der Waals surface area (Å²) >= 11 is 6.05. The lowest BCUT2D eigenvalue weighted by molar-refractivity contribution is 0.435. The van der Waals surface area contributed by atoms with Crippen molar-refractivity contribution in [3.63, 3.8) is 0 Å². The number of aromatic nitrogens is 3. The molecule has 2 aromatic carbocycles. The zero-order valence-electron chi connectivity index (χ0n) is 19.3. The van der Waals surface area contributed by atoms with E-state index in [4.69, 9.17) is 21.1 Å². The number of hydrogen-bond donors (Lipinski definition) is 2. The van der Waals surface area contributed by atoms with Crippen LogP contribution < -0.4 is 10.0 Å². The lowest BCUT2D eigenvalue weighted by atomic mass is 9.96. The third-order valence-electron chi connectivity index (χ3n) is 6.24. The fourth-order valence-electron chi connectivity index (χ4n) is 4.44. The Kier molecular flexibility index (Phi) is 6.62. The predicted molar refractivity (Wildman–Crippen MR) is 137 cm³/mol. The molecule has 0 atom stereocenters. The minimum atomic E-state index is -3.91. The number of sulfonamides is 1. The molecule has 0 amide bonds. The number of nitrogens with zero attached hydrogens (tertiary/aromatic N) is 3. The molecule has 0 unspecified atom stereocenters. The van der Waals surface area contributed by atoms with Gasteiger partial charge in [0.05, 0.1) is 10.5 Å². The summed E-state index contributed by atoms with van der Waals surface area (Å²) in [7, 11) is -3.91. The second-order valence-corrected chi connectivity index (χ2v) is 10.8. The summed E-state index contributed by atoms with van der Waals surface area (Å²) in [5.41, 5.74) is 2.70. The number of aryl methyl sites for hydroxylation is 1. The van der Waals surface area contributed by atoms with Crippen molar-refractivity contribution in [2.45, 2.75) is 56.4 Å². The van der Waals surface area contributed by atoms with E-state index in [1.807, 2.05) is 18.3 Å². The van der Waals surface area contributed by atoms with Crippen LogP contribution >= 0.6 is 11.6 Å². The van der Waals surface area contributed by atoms with Crippen molar-refractivity contribution in [2.75, 3.05) is 10.0 Å². The Bertz CT molecular complexity index is 1470. The van der Waals surface area contributed by atoms with Gasteiger partial charge in [-0.3, -0.25) is 4.72 Å². The van der Waals surface area contributed by atoms with Crippen LogP contribution in [0.25, 0.3) is 22.2 Å². The highest BCUT2D eigenvalue weighted by Gasteiger charge is 2.20. The van der Waals surface area contributed by atoms with Crippen LogP contribution in [0.3, 0.4) is 0 Å². The third-order valence-corrected chi connectivity index (χ3v) is 8.10. The van der Waals surface area contributed by atoms with Crippen LogP contribution in [-0.2, 0) is 16.4 Å². The molecule has 1 aliphatic rings. The van der Waals surface area contributed by atoms with Crippen molar-refractivity contribution >= 4 is 44.3 Å². The molecule has 0 radical (unpaired) electrons. The van der Waals surface area contributed by atoms with Gasteiger partial charge < -0.3 is 9.84 Å². The highest BCUT2D eigenvalue weighted by atomic mass is 35.5. The standard InChI is InChI=1S/C25H26ClN5O3S/c1-2-16-12-17(13-18-15-27-25(29-24(16)18)28-19-8-4-3-5-9-19)21-14-23(30-34-21)31-35(32,33)22-11-7-6-10-20(22)26/h6-7,10-15,19H,2-5,8-9H2,1H3,(H,30,31)(H,27,28,29). The van der Waals surface area contributed by atoms with Crippen molar-refractivity contribution in [2.24, 2.45) is 0 Å². The number of fused-ring (bicyclic) bond motifs is 1. The average molecular weight is 512 g/mol. The summed E-state index contributed by atoms with van der Waals surface area (Å²) < 4.78 is 33.3. The molecule has 1 saturated carbocycles. The molecule has 0 bridgehead atoms. The minimum Gasteiger partial charge on any atom is -0.354 e. The molecule has 8 nitrogen and oxygen atoms in total. The van der Waals surface area contributed by atoms with Gasteiger partial charge >= 0.3 is 0 Å². The van der Waals surface area contributed by atoms with E-state index in [9.17, 15) is 8.42 Å². The second kappa shape index (κ2) is 9.83. The quantitative estimate of drug-likeness (QED) is 0.311. The van der Waals surface area contributed by atoms with Crippen LogP contribution in [0.1, 0.15) is 44.6 Å². The maximum absolute atomic E-state index is 12.7. The van der Waals surface area contributed by atoms with Crippen LogP contribution in [0.5, 0.6) is 0 Å². The molecular weight excluding hydrogens is 486 g/mol. The largest absolute Gasteiger partial charge is 0.354 e. The number of anilines is 2. The molecule has 0 aliphatic heterocycles. The maximum Gasteiger partial charge on any atom is 0.264 e. The number of halogens is 1. The molecule has 10 heteroatoms. The average Bonchev–Trinajstić information content (AvgIpc) is 3.32. The molecule has 2 heterocycles. The van der Waals surface area contributed by atoms with Gasteiger partial charge in [0, 0.05) is 29.3 Å². The van der Waals surface area contributed by atoms with E-state index in [1.165, 1.54) is 31.4 Å². The predicted octanol–water partition coefficient (Wildman–Crippen LogP) is 6.05. The summed E-state index contributed by atoms with van der Waals surface area (Å²) in [6.07, 6.45) is 8.65. The molecule has 1 fully saturated rings. The molecule has 4 aromatic rings. The first-order chi connectivity index (χ1) is 16.9. The second-order valence-electron chi connectivity index (χ2n) is 8.71. The summed E-state index contributed by atoms with van der Waals surface area (Å²) in [6.45, 7) is 2.07. The van der Waals surface area contributed by atoms with E-state index < -0.39 is 10.0 Å². The molecule has 5 rings (SSSR count). The topological polar surface area (TPSA) is 110 Å². The van der Waals surface area contributed by atoms with Crippen molar-refractivity contribution < 1.29 is 12.9 Å². The lowest BCUT2D eigenvalue weighted by Gasteiger charge is -2.22. The lowest BCUT2D eigenvalue weighted by Crippen LogP contribution is -2.23. The molecule has 182 valence electrons. The van der Waals surface area contributed by atoms with Gasteiger partial charge in [0.2, 0.25) is 5.95 Å². The summed E-state index contributed by atoms with van der Waals surface area (Å²) in [6, 6.07) is 12.1. The van der Waals surface area contributed by atoms with Gasteiger partial charge in [0.15, 0.2) is 11.6 Å². The van der Waals surface area contributed by atoms with Gasteiger partial charge in [0.1, 0.15) is 4.90 Å². The fraction of sp³-hybridized carbons (Fsp3) is 0.320. The maximum atomic E-state index is 12.7. The van der Waals surface area contributed by atoms with E-state index in [0.717, 1.165) is 41.3 Å². The molecule has 1 aliphatic carbocycles. The Labute approximate surface area is 209 Å². The summed E-state index contributed by atoms with van der Waals surface area (Å²) in [4.78, 5) is 9.30. The molecule has 35 heavy (non-hydrogen) atoms. The van der Waals surface area contributed by atoms with Crippen LogP contribution in [-0.4, -0.2) is 29.6 Å². The van der Waals surface area contributed by atoms with E-state index in [-0.39, 0.29) is 15.7 Å². The van der Waals surface area contributed by atoms with Crippen molar-refractivity contribution in [1.82, 2.24) is 15.1 Å². The number of rotatable bonds is 7. The Morgan fingerprint density at radius 1 is 1.11 bits per heavy atom. The van der Waals surface area contributed by atoms with Gasteiger partial charge in [0.25, 0.3) is 10.0 Å². The smallest absolute Gasteiger partial charge is 0.264 e. The van der Waals surface area contributed by atoms with Crippen molar-refractivity contribution in [3.8, 4) is 11.3 Å². The third kappa shape index (κ3) is 5.11. The van der Waals surface area contributed by atoms with Gasteiger partial charge in [-0.1, -0.05) is 55.1 Å². The Morgan fingerprint density at radius 2 is 1.91 bits per heavy atom. The van der Waals surface area contributed by atoms with E-state index >= 15 is 0 Å². The summed E-state index contributed by atoms with van der Waals surface area (Å²) in [5, 5.41) is 8.39. The van der Waals surface area contributed by atoms with Crippen LogP contribution in [0.15, 0.2) is 58.1 Å². The molecule has 2 aromatic heterocycles. The Balaban J connectivity index is 1.41. The molecular formula is C25H26ClN5O3S. The van der Waals surface area contributed by atoms with Crippen LogP contribution in [0, 0.1) is 0 Å². The SMILES string of the molecule is CCc1cc(-c2cc(NS(=O)(=O)c3ccccc3Cl)no2)cc2cnc(NC3CCCCC3)nc12. The molecule has 2 N–H and O–H groups in total. The normalized spacial score (nSPS) is 14.8. The zero-order valence-corrected chi connectivity index (χ0v) is 20.9. The zero-order chi connectivity index (χ0) is 24.4. The highest BCUT2D eigenvalue weighted by Crippen LogP contribution is 2.31. The van der Waals surface area contributed by atoms with Gasteiger partial charge in [-0.2, -0.15) is 0 Å². The van der Waals surface area contributed by atoms with E-state index in [2.05, 4.69) is 27.1 Å². The number of nitrogens with one attached hydrogen (secondary N) is 2. The van der Waals surface area contributed by atoms with Gasteiger partial charge in [-0.25, -0.2) is 18.4 Å². The Hall–Kier alpha value is -3.17. The molecule has 0 spiro atoms. The number of hydrogen-bond acceptors (Lipinski definition) is 7. The molecule has 0 saturated heterocycles. The van der Waals surface area contributed by atoms with Crippen LogP contribution in [0.2, 0.25) is 5.02 Å². The number of benzene rings is 2. The van der Waals surface area contributed by atoms with Crippen molar-refractivity contribution in [1.29, 1.82) is 0 Å². The summed E-state index contributed by atoms with van der Waals surface area (Å²) in [5.74, 6) is 1.16. The van der Waals surface area contributed by atoms with Crippen LogP contribution in [0.4, 0.5) is 11.8 Å². The van der Waals surface area contributed by atoms with E-state index in [1.54, 1.807) is 18.2 Å². The first-order valence-corrected chi connectivity index (χ1v) is 13.6. The highest BCUT2D eigenvalue weighted by molar-refractivity contribution is 7.92. The van der Waals surface area contributed by atoms with Gasteiger partial charge in [-0.15, -0.1) is 0 Å².